The van der Waals surface area contributed by atoms with Crippen LogP contribution in [0.3, 0.4) is 0 Å². The molecule has 2 saturated heterocycles. The molecule has 0 radical (unpaired) electrons. The molecule has 1 N–H and O–H groups in total. The van der Waals surface area contributed by atoms with E-state index >= 15 is 0 Å². The lowest BCUT2D eigenvalue weighted by Crippen LogP contribution is -2.61. The molecule has 4 rings (SSSR count). The van der Waals surface area contributed by atoms with E-state index in [1.54, 1.807) is 0 Å². The molecule has 2 aliphatic carbocycles. The lowest BCUT2D eigenvalue weighted by molar-refractivity contribution is -0.135. The minimum Gasteiger partial charge on any atom is -0.342 e. The van der Waals surface area contributed by atoms with E-state index in [0.29, 0.717) is 17.4 Å². The van der Waals surface area contributed by atoms with Gasteiger partial charge < -0.3 is 10.2 Å². The average molecular weight is 248 g/mol. The number of hydrogen-bond donors (Lipinski definition) is 1. The molecular weight excluding hydrogens is 224 g/mol. The Kier molecular flexibility index (Phi) is 2.48. The number of nitrogens with one attached hydrogen (secondary N) is 1. The number of carbonyl (C=O) groups excluding carboxylic acids is 1. The van der Waals surface area contributed by atoms with Gasteiger partial charge in [-0.25, -0.2) is 0 Å². The average Bonchev–Trinajstić information content (AvgIpc) is 3.17. The highest BCUT2D eigenvalue weighted by molar-refractivity contribution is 5.81. The smallest absolute Gasteiger partial charge is 0.225 e. The molecule has 0 aromatic rings. The van der Waals surface area contributed by atoms with Gasteiger partial charge in [0.15, 0.2) is 0 Å². The highest BCUT2D eigenvalue weighted by atomic mass is 16.2. The molecule has 3 heteroatoms. The van der Waals surface area contributed by atoms with Crippen LogP contribution in [-0.4, -0.2) is 36.0 Å². The molecule has 2 aliphatic heterocycles. The van der Waals surface area contributed by atoms with Crippen LogP contribution in [0.1, 0.15) is 44.9 Å². The van der Waals surface area contributed by atoms with Gasteiger partial charge in [0.1, 0.15) is 0 Å². The van der Waals surface area contributed by atoms with E-state index in [1.165, 1.54) is 38.6 Å². The van der Waals surface area contributed by atoms with Crippen LogP contribution in [0, 0.1) is 17.8 Å². The summed E-state index contributed by atoms with van der Waals surface area (Å²) in [6, 6.07) is 0. The van der Waals surface area contributed by atoms with Crippen LogP contribution in [0.25, 0.3) is 0 Å². The molecule has 2 saturated carbocycles. The van der Waals surface area contributed by atoms with E-state index in [1.807, 2.05) is 0 Å². The topological polar surface area (TPSA) is 32.3 Å². The fourth-order valence-corrected chi connectivity index (χ4v) is 4.64. The zero-order valence-corrected chi connectivity index (χ0v) is 11.2. The number of fused-ring (bicyclic) bond motifs is 1. The van der Waals surface area contributed by atoms with Crippen molar-refractivity contribution in [1.82, 2.24) is 10.2 Å². The Morgan fingerprint density at radius 1 is 1.11 bits per heavy atom. The number of likely N-dealkylation sites (tertiary alicyclic amines) is 1. The molecule has 100 valence electrons. The molecule has 3 atom stereocenters. The van der Waals surface area contributed by atoms with Gasteiger partial charge in [-0.1, -0.05) is 0 Å². The summed E-state index contributed by atoms with van der Waals surface area (Å²) in [5, 5.41) is 3.81. The maximum absolute atomic E-state index is 12.2. The quantitative estimate of drug-likeness (QED) is 0.808. The van der Waals surface area contributed by atoms with Crippen LogP contribution >= 0.6 is 0 Å². The molecule has 3 nitrogen and oxygen atoms in total. The van der Waals surface area contributed by atoms with Crippen molar-refractivity contribution in [3.8, 4) is 0 Å². The number of piperidine rings is 1. The van der Waals surface area contributed by atoms with Crippen molar-refractivity contribution < 1.29 is 4.79 Å². The third-order valence-electron chi connectivity index (χ3n) is 5.97. The van der Waals surface area contributed by atoms with Crippen LogP contribution in [0.4, 0.5) is 0 Å². The second kappa shape index (κ2) is 3.96. The zero-order valence-electron chi connectivity index (χ0n) is 11.2. The summed E-state index contributed by atoms with van der Waals surface area (Å²) in [6.45, 7) is 3.27. The van der Waals surface area contributed by atoms with Gasteiger partial charge >= 0.3 is 0 Å². The minimum absolute atomic E-state index is 0.398. The summed E-state index contributed by atoms with van der Waals surface area (Å²) >= 11 is 0. The number of hydrogen-bond acceptors (Lipinski definition) is 2. The number of carbonyl (C=O) groups is 1. The van der Waals surface area contributed by atoms with E-state index in [-0.39, 0.29) is 0 Å². The first-order valence-electron chi connectivity index (χ1n) is 7.83. The lowest BCUT2D eigenvalue weighted by atomic mass is 9.59. The lowest BCUT2D eigenvalue weighted by Gasteiger charge is -2.53. The van der Waals surface area contributed by atoms with Gasteiger partial charge in [-0.2, -0.15) is 0 Å². The molecule has 2 heterocycles. The van der Waals surface area contributed by atoms with Crippen LogP contribution in [0.2, 0.25) is 0 Å². The number of nitrogens with zero attached hydrogens (tertiary/aromatic N) is 1. The molecule has 4 fully saturated rings. The predicted molar refractivity (Wildman–Crippen MR) is 70.1 cm³/mol. The predicted octanol–water partition coefficient (Wildman–Crippen LogP) is 1.78. The highest BCUT2D eigenvalue weighted by Crippen LogP contribution is 2.51. The number of rotatable bonds is 2. The third-order valence-corrected chi connectivity index (χ3v) is 5.97. The van der Waals surface area contributed by atoms with E-state index < -0.39 is 0 Å². The second-order valence-electron chi connectivity index (χ2n) is 6.89. The van der Waals surface area contributed by atoms with Crippen molar-refractivity contribution in [1.29, 1.82) is 0 Å². The fourth-order valence-electron chi connectivity index (χ4n) is 4.64. The Morgan fingerprint density at radius 3 is 2.67 bits per heavy atom. The zero-order chi connectivity index (χ0) is 12.2. The normalized spacial score (nSPS) is 43.4. The van der Waals surface area contributed by atoms with Crippen molar-refractivity contribution in [3.63, 3.8) is 0 Å². The molecule has 18 heavy (non-hydrogen) atoms. The first kappa shape index (κ1) is 11.3. The van der Waals surface area contributed by atoms with Gasteiger partial charge in [0.2, 0.25) is 5.91 Å². The Bertz CT molecular complexity index is 366. The summed E-state index contributed by atoms with van der Waals surface area (Å²) in [5.74, 6) is 2.51. The third kappa shape index (κ3) is 1.56. The fraction of sp³-hybridized carbons (Fsp3) is 0.933. The first-order valence-corrected chi connectivity index (χ1v) is 7.83. The Morgan fingerprint density at radius 2 is 2.00 bits per heavy atom. The van der Waals surface area contributed by atoms with Gasteiger partial charge in [0.05, 0.1) is 0 Å². The monoisotopic (exact) mass is 248 g/mol. The molecule has 0 spiro atoms. The van der Waals surface area contributed by atoms with Crippen LogP contribution in [0.15, 0.2) is 0 Å². The van der Waals surface area contributed by atoms with Crippen LogP contribution < -0.4 is 5.32 Å². The van der Waals surface area contributed by atoms with Gasteiger partial charge in [-0.05, 0) is 63.3 Å². The molecule has 0 aromatic carbocycles. The van der Waals surface area contributed by atoms with Gasteiger partial charge in [-0.3, -0.25) is 4.79 Å². The van der Waals surface area contributed by atoms with Crippen molar-refractivity contribution in [2.45, 2.75) is 50.5 Å². The molecule has 0 bridgehead atoms. The van der Waals surface area contributed by atoms with Gasteiger partial charge in [-0.15, -0.1) is 0 Å². The number of amides is 1. The molecule has 1 amide bonds. The minimum atomic E-state index is 0.398. The Hall–Kier alpha value is -0.570. The Labute approximate surface area is 109 Å². The second-order valence-corrected chi connectivity index (χ2v) is 6.89. The molecule has 4 aliphatic rings. The van der Waals surface area contributed by atoms with Crippen molar-refractivity contribution >= 4 is 5.91 Å². The largest absolute Gasteiger partial charge is 0.342 e. The van der Waals surface area contributed by atoms with Gasteiger partial charge in [0, 0.05) is 24.5 Å². The molecule has 3 unspecified atom stereocenters. The van der Waals surface area contributed by atoms with E-state index in [2.05, 4.69) is 10.2 Å². The first-order chi connectivity index (χ1) is 8.79. The Balaban J connectivity index is 1.47. The van der Waals surface area contributed by atoms with E-state index in [0.717, 1.165) is 37.8 Å². The summed E-state index contributed by atoms with van der Waals surface area (Å²) in [5.41, 5.74) is 0.433. The van der Waals surface area contributed by atoms with Crippen molar-refractivity contribution in [3.05, 3.63) is 0 Å². The molecular formula is C15H24N2O. The van der Waals surface area contributed by atoms with E-state index in [9.17, 15) is 4.79 Å². The molecule has 0 aromatic heterocycles. The van der Waals surface area contributed by atoms with Crippen LogP contribution in [0.5, 0.6) is 0 Å². The van der Waals surface area contributed by atoms with Gasteiger partial charge in [0.25, 0.3) is 0 Å². The maximum atomic E-state index is 12.2. The highest BCUT2D eigenvalue weighted by Gasteiger charge is 2.55. The van der Waals surface area contributed by atoms with Crippen molar-refractivity contribution in [2.75, 3.05) is 19.6 Å². The van der Waals surface area contributed by atoms with E-state index in [4.69, 9.17) is 0 Å². The standard InChI is InChI=1S/C15H24N2O/c18-14(11-3-4-11)17-9-1-2-13(10-17)15-7-5-12(15)6-8-16-15/h11-13,16H,1-10H2. The van der Waals surface area contributed by atoms with Crippen LogP contribution in [-0.2, 0) is 4.79 Å². The summed E-state index contributed by atoms with van der Waals surface area (Å²) in [6.07, 6.45) is 8.98. The summed E-state index contributed by atoms with van der Waals surface area (Å²) in [4.78, 5) is 14.4. The van der Waals surface area contributed by atoms with Crippen molar-refractivity contribution in [2.24, 2.45) is 17.8 Å². The summed E-state index contributed by atoms with van der Waals surface area (Å²) < 4.78 is 0. The SMILES string of the molecule is O=C(C1CC1)N1CCCC(C23CCC2CCN3)C1. The maximum Gasteiger partial charge on any atom is 0.225 e. The summed E-state index contributed by atoms with van der Waals surface area (Å²) in [7, 11) is 0.